The van der Waals surface area contributed by atoms with Gasteiger partial charge in [-0.3, -0.25) is 9.59 Å². The van der Waals surface area contributed by atoms with Crippen LogP contribution in [-0.2, 0) is 14.3 Å². The number of carbonyl (C=O) groups is 2. The van der Waals surface area contributed by atoms with E-state index in [2.05, 4.69) is 0 Å². The van der Waals surface area contributed by atoms with Crippen LogP contribution in [0.4, 0.5) is 0 Å². The summed E-state index contributed by atoms with van der Waals surface area (Å²) in [6.07, 6.45) is 6.12. The second kappa shape index (κ2) is 4.33. The van der Waals surface area contributed by atoms with Gasteiger partial charge in [-0.25, -0.2) is 0 Å². The van der Waals surface area contributed by atoms with E-state index in [4.69, 9.17) is 4.74 Å². The molecule has 3 heteroatoms. The number of rotatable bonds is 2. The van der Waals surface area contributed by atoms with Gasteiger partial charge in [0.1, 0.15) is 11.9 Å². The van der Waals surface area contributed by atoms with E-state index in [1.165, 1.54) is 19.3 Å². The van der Waals surface area contributed by atoms with Gasteiger partial charge >= 0.3 is 5.97 Å². The van der Waals surface area contributed by atoms with E-state index in [1.807, 2.05) is 0 Å². The van der Waals surface area contributed by atoms with Crippen LogP contribution in [0, 0.1) is 11.8 Å². The van der Waals surface area contributed by atoms with Crippen molar-refractivity contribution in [2.75, 3.05) is 0 Å². The average molecular weight is 210 g/mol. The molecule has 2 atom stereocenters. The van der Waals surface area contributed by atoms with Gasteiger partial charge in [0.05, 0.1) is 12.3 Å². The van der Waals surface area contributed by atoms with Crippen LogP contribution < -0.4 is 0 Å². The number of hydrogen-bond acceptors (Lipinski definition) is 3. The molecule has 2 fully saturated rings. The van der Waals surface area contributed by atoms with Crippen molar-refractivity contribution in [2.24, 2.45) is 11.8 Å². The fraction of sp³-hybridized carbons (Fsp3) is 0.833. The minimum Gasteiger partial charge on any atom is -0.461 e. The van der Waals surface area contributed by atoms with Crippen molar-refractivity contribution in [3.8, 4) is 0 Å². The van der Waals surface area contributed by atoms with Gasteiger partial charge in [-0.2, -0.15) is 0 Å². The molecule has 1 saturated carbocycles. The van der Waals surface area contributed by atoms with E-state index >= 15 is 0 Å². The highest BCUT2D eigenvalue weighted by Gasteiger charge is 2.42. The van der Waals surface area contributed by atoms with E-state index in [-0.39, 0.29) is 23.8 Å². The van der Waals surface area contributed by atoms with Crippen molar-refractivity contribution in [1.82, 2.24) is 0 Å². The fourth-order valence-corrected chi connectivity index (χ4v) is 2.84. The number of ether oxygens (including phenoxy) is 1. The van der Waals surface area contributed by atoms with Gasteiger partial charge < -0.3 is 4.74 Å². The van der Waals surface area contributed by atoms with Gasteiger partial charge in [0.15, 0.2) is 0 Å². The van der Waals surface area contributed by atoms with Crippen molar-refractivity contribution in [1.29, 1.82) is 0 Å². The SMILES string of the molecule is CC(=O)C1CC(=O)OC1C1CCCCC1. The van der Waals surface area contributed by atoms with Gasteiger partial charge in [0.2, 0.25) is 0 Å². The van der Waals surface area contributed by atoms with E-state index in [9.17, 15) is 9.59 Å². The maximum Gasteiger partial charge on any atom is 0.306 e. The van der Waals surface area contributed by atoms with Crippen molar-refractivity contribution in [3.05, 3.63) is 0 Å². The first-order valence-electron chi connectivity index (χ1n) is 5.88. The Morgan fingerprint density at radius 3 is 2.53 bits per heavy atom. The third-order valence-electron chi connectivity index (χ3n) is 3.69. The number of hydrogen-bond donors (Lipinski definition) is 0. The average Bonchev–Trinajstić information content (AvgIpc) is 2.62. The number of ketones is 1. The predicted molar refractivity (Wildman–Crippen MR) is 55.2 cm³/mol. The third kappa shape index (κ3) is 2.21. The zero-order chi connectivity index (χ0) is 10.8. The second-order valence-electron chi connectivity index (χ2n) is 4.77. The van der Waals surface area contributed by atoms with Gasteiger partial charge in [0.25, 0.3) is 0 Å². The van der Waals surface area contributed by atoms with Crippen LogP contribution in [0.25, 0.3) is 0 Å². The zero-order valence-electron chi connectivity index (χ0n) is 9.20. The highest BCUT2D eigenvalue weighted by atomic mass is 16.6. The fourth-order valence-electron chi connectivity index (χ4n) is 2.84. The lowest BCUT2D eigenvalue weighted by Crippen LogP contribution is -2.31. The van der Waals surface area contributed by atoms with E-state index in [0.29, 0.717) is 12.3 Å². The van der Waals surface area contributed by atoms with Crippen molar-refractivity contribution < 1.29 is 14.3 Å². The maximum atomic E-state index is 11.4. The summed E-state index contributed by atoms with van der Waals surface area (Å²) < 4.78 is 5.31. The molecule has 0 radical (unpaired) electrons. The summed E-state index contributed by atoms with van der Waals surface area (Å²) in [6.45, 7) is 1.57. The molecule has 15 heavy (non-hydrogen) atoms. The topological polar surface area (TPSA) is 43.4 Å². The lowest BCUT2D eigenvalue weighted by molar-refractivity contribution is -0.144. The lowest BCUT2D eigenvalue weighted by Gasteiger charge is -2.28. The van der Waals surface area contributed by atoms with Gasteiger partial charge in [-0.15, -0.1) is 0 Å². The van der Waals surface area contributed by atoms with Crippen molar-refractivity contribution >= 4 is 11.8 Å². The largest absolute Gasteiger partial charge is 0.461 e. The third-order valence-corrected chi connectivity index (χ3v) is 3.69. The first-order chi connectivity index (χ1) is 7.18. The highest BCUT2D eigenvalue weighted by molar-refractivity contribution is 5.86. The van der Waals surface area contributed by atoms with Gasteiger partial charge in [-0.05, 0) is 25.7 Å². The molecule has 0 aromatic heterocycles. The number of Topliss-reactive ketones (excluding diaryl/α,β-unsaturated/α-hetero) is 1. The van der Waals surface area contributed by atoms with Crippen LogP contribution in [-0.4, -0.2) is 17.9 Å². The Labute approximate surface area is 90.2 Å². The van der Waals surface area contributed by atoms with Gasteiger partial charge in [0, 0.05) is 0 Å². The molecule has 0 spiro atoms. The summed E-state index contributed by atoms with van der Waals surface area (Å²) in [5.41, 5.74) is 0. The van der Waals surface area contributed by atoms with Crippen molar-refractivity contribution in [2.45, 2.75) is 51.6 Å². The van der Waals surface area contributed by atoms with E-state index in [0.717, 1.165) is 12.8 Å². The molecule has 2 unspecified atom stereocenters. The molecule has 0 aromatic carbocycles. The van der Waals surface area contributed by atoms with Crippen LogP contribution >= 0.6 is 0 Å². The van der Waals surface area contributed by atoms with E-state index in [1.54, 1.807) is 6.92 Å². The molecular weight excluding hydrogens is 192 g/mol. The Morgan fingerprint density at radius 1 is 1.27 bits per heavy atom. The van der Waals surface area contributed by atoms with Gasteiger partial charge in [-0.1, -0.05) is 19.3 Å². The Kier molecular flexibility index (Phi) is 3.08. The van der Waals surface area contributed by atoms with E-state index < -0.39 is 0 Å². The number of esters is 1. The normalized spacial score (nSPS) is 32.7. The van der Waals surface area contributed by atoms with Crippen LogP contribution in [0.3, 0.4) is 0 Å². The summed E-state index contributed by atoms with van der Waals surface area (Å²) in [6, 6.07) is 0. The zero-order valence-corrected chi connectivity index (χ0v) is 9.20. The lowest BCUT2D eigenvalue weighted by atomic mass is 9.79. The predicted octanol–water partition coefficient (Wildman–Crippen LogP) is 2.09. The smallest absolute Gasteiger partial charge is 0.306 e. The summed E-state index contributed by atoms with van der Waals surface area (Å²) >= 11 is 0. The monoisotopic (exact) mass is 210 g/mol. The molecule has 2 aliphatic rings. The standard InChI is InChI=1S/C12H18O3/c1-8(13)10-7-11(14)15-12(10)9-5-3-2-4-6-9/h9-10,12H,2-7H2,1H3. The molecule has 84 valence electrons. The Balaban J connectivity index is 2.05. The maximum absolute atomic E-state index is 11.4. The molecule has 0 aromatic rings. The van der Waals surface area contributed by atoms with Crippen LogP contribution in [0.5, 0.6) is 0 Å². The quantitative estimate of drug-likeness (QED) is 0.655. The molecule has 0 amide bonds. The minimum absolute atomic E-state index is 0.108. The summed E-state index contributed by atoms with van der Waals surface area (Å²) in [5, 5.41) is 0. The molecule has 2 rings (SSSR count). The second-order valence-corrected chi connectivity index (χ2v) is 4.77. The molecule has 0 bridgehead atoms. The molecule has 1 saturated heterocycles. The Morgan fingerprint density at radius 2 is 1.93 bits per heavy atom. The summed E-state index contributed by atoms with van der Waals surface area (Å²) in [7, 11) is 0. The Hall–Kier alpha value is -0.860. The Bertz CT molecular complexity index is 266. The molecule has 1 aliphatic carbocycles. The molecule has 0 N–H and O–H groups in total. The first kappa shape index (κ1) is 10.7. The molecule has 3 nitrogen and oxygen atoms in total. The molecule has 1 aliphatic heterocycles. The van der Waals surface area contributed by atoms with Crippen LogP contribution in [0.15, 0.2) is 0 Å². The van der Waals surface area contributed by atoms with Crippen molar-refractivity contribution in [3.63, 3.8) is 0 Å². The summed E-state index contributed by atoms with van der Waals surface area (Å²) in [5.74, 6) is 0.182. The first-order valence-corrected chi connectivity index (χ1v) is 5.88. The highest BCUT2D eigenvalue weighted by Crippen LogP contribution is 2.36. The van der Waals surface area contributed by atoms with Crippen LogP contribution in [0.1, 0.15) is 45.4 Å². The number of cyclic esters (lactones) is 1. The minimum atomic E-state index is -0.189. The molecular formula is C12H18O3. The molecule has 1 heterocycles. The summed E-state index contributed by atoms with van der Waals surface area (Å²) in [4.78, 5) is 22.6. The van der Waals surface area contributed by atoms with Crippen LogP contribution in [0.2, 0.25) is 0 Å². The number of carbonyl (C=O) groups excluding carboxylic acids is 2.